The molecule has 2 amide bonds. The van der Waals surface area contributed by atoms with Gasteiger partial charge >= 0.3 is 0 Å². The van der Waals surface area contributed by atoms with Crippen molar-refractivity contribution >= 4 is 27.5 Å². The van der Waals surface area contributed by atoms with Crippen molar-refractivity contribution < 1.29 is 27.5 Å². The minimum atomic E-state index is -3.83. The molecule has 0 saturated heterocycles. The topological polar surface area (TPSA) is 105 Å². The molecule has 10 heteroatoms. The number of hydrogen-bond acceptors (Lipinski definition) is 6. The van der Waals surface area contributed by atoms with E-state index in [0.717, 1.165) is 22.5 Å². The fraction of sp³-hybridized carbons (Fsp3) is 0.481. The molecule has 2 aromatic carbocycles. The molecule has 0 spiro atoms. The van der Waals surface area contributed by atoms with Gasteiger partial charge in [-0.1, -0.05) is 44.2 Å². The lowest BCUT2D eigenvalue weighted by molar-refractivity contribution is -0.139. The number of benzene rings is 2. The fourth-order valence-electron chi connectivity index (χ4n) is 4.14. The number of fused-ring (bicyclic) bond motifs is 1. The maximum atomic E-state index is 13.7. The molecular weight excluding hydrogens is 494 g/mol. The van der Waals surface area contributed by atoms with E-state index in [1.165, 1.54) is 4.90 Å². The van der Waals surface area contributed by atoms with Crippen LogP contribution in [0.5, 0.6) is 11.5 Å². The van der Waals surface area contributed by atoms with Crippen LogP contribution in [-0.4, -0.2) is 69.8 Å². The van der Waals surface area contributed by atoms with Gasteiger partial charge in [0, 0.05) is 18.7 Å². The summed E-state index contributed by atoms with van der Waals surface area (Å²) in [5.41, 5.74) is 1.31. The van der Waals surface area contributed by atoms with Crippen molar-refractivity contribution in [3.8, 4) is 11.5 Å². The van der Waals surface area contributed by atoms with Gasteiger partial charge in [0.2, 0.25) is 21.8 Å². The molecule has 3 rings (SSSR count). The molecule has 0 aromatic heterocycles. The van der Waals surface area contributed by atoms with Crippen LogP contribution in [-0.2, 0) is 26.0 Å². The second kappa shape index (κ2) is 12.8. The van der Waals surface area contributed by atoms with Crippen LogP contribution in [0.15, 0.2) is 48.5 Å². The Labute approximate surface area is 219 Å². The molecule has 1 aliphatic heterocycles. The zero-order valence-corrected chi connectivity index (χ0v) is 22.8. The molecule has 1 heterocycles. The van der Waals surface area contributed by atoms with Crippen molar-refractivity contribution in [2.45, 2.75) is 52.1 Å². The minimum Gasteiger partial charge on any atom is -0.486 e. The molecule has 0 fully saturated rings. The predicted molar refractivity (Wildman–Crippen MR) is 143 cm³/mol. The first kappa shape index (κ1) is 28.3. The van der Waals surface area contributed by atoms with Gasteiger partial charge in [0.15, 0.2) is 11.5 Å². The van der Waals surface area contributed by atoms with Gasteiger partial charge in [0.1, 0.15) is 25.8 Å². The minimum absolute atomic E-state index is 0.0437. The number of rotatable bonds is 12. The molecule has 0 saturated carbocycles. The smallest absolute Gasteiger partial charge is 0.244 e. The van der Waals surface area contributed by atoms with Gasteiger partial charge < -0.3 is 19.7 Å². The van der Waals surface area contributed by atoms with E-state index >= 15 is 0 Å². The third-order valence-corrected chi connectivity index (χ3v) is 7.50. The molecule has 2 atom stereocenters. The summed E-state index contributed by atoms with van der Waals surface area (Å²) in [5, 5.41) is 2.97. The Hall–Kier alpha value is -3.27. The number of hydrogen-bond donors (Lipinski definition) is 1. The zero-order chi connectivity index (χ0) is 27.0. The number of sulfonamides is 1. The number of nitrogens with zero attached hydrogens (tertiary/aromatic N) is 2. The Kier molecular flexibility index (Phi) is 9.79. The maximum absolute atomic E-state index is 13.7. The molecular formula is C27H37N3O6S. The highest BCUT2D eigenvalue weighted by Gasteiger charge is 2.32. The van der Waals surface area contributed by atoms with E-state index in [4.69, 9.17) is 9.47 Å². The molecule has 2 aromatic rings. The normalized spacial score (nSPS) is 14.4. The Morgan fingerprint density at radius 2 is 1.68 bits per heavy atom. The largest absolute Gasteiger partial charge is 0.486 e. The first-order valence-electron chi connectivity index (χ1n) is 12.6. The highest BCUT2D eigenvalue weighted by atomic mass is 32.2. The zero-order valence-electron chi connectivity index (χ0n) is 22.0. The van der Waals surface area contributed by atoms with Crippen molar-refractivity contribution in [1.82, 2.24) is 10.2 Å². The summed E-state index contributed by atoms with van der Waals surface area (Å²) in [6, 6.07) is 13.7. The van der Waals surface area contributed by atoms with Crippen molar-refractivity contribution in [2.75, 3.05) is 36.9 Å². The Morgan fingerprint density at radius 3 is 2.30 bits per heavy atom. The van der Waals surface area contributed by atoms with Gasteiger partial charge in [0.25, 0.3) is 0 Å². The van der Waals surface area contributed by atoms with Crippen LogP contribution in [0.3, 0.4) is 0 Å². The summed E-state index contributed by atoms with van der Waals surface area (Å²) in [4.78, 5) is 28.4. The van der Waals surface area contributed by atoms with Crippen LogP contribution in [0.1, 0.15) is 39.2 Å². The van der Waals surface area contributed by atoms with E-state index in [2.05, 4.69) is 5.32 Å². The third kappa shape index (κ3) is 7.61. The molecule has 37 heavy (non-hydrogen) atoms. The van der Waals surface area contributed by atoms with Crippen LogP contribution in [0, 0.1) is 0 Å². The molecule has 9 nitrogen and oxygen atoms in total. The molecule has 0 bridgehead atoms. The first-order chi connectivity index (χ1) is 17.6. The second-order valence-electron chi connectivity index (χ2n) is 9.16. The monoisotopic (exact) mass is 531 g/mol. The predicted octanol–water partition coefficient (Wildman–Crippen LogP) is 2.99. The van der Waals surface area contributed by atoms with Gasteiger partial charge in [-0.2, -0.15) is 0 Å². The third-order valence-electron chi connectivity index (χ3n) is 6.36. The Balaban J connectivity index is 1.89. The number of nitrogens with one attached hydrogen (secondary N) is 1. The second-order valence-corrected chi connectivity index (χ2v) is 11.1. The average Bonchev–Trinajstić information content (AvgIpc) is 2.88. The summed E-state index contributed by atoms with van der Waals surface area (Å²) in [5.74, 6) is 0.239. The summed E-state index contributed by atoms with van der Waals surface area (Å²) >= 11 is 0. The summed E-state index contributed by atoms with van der Waals surface area (Å²) in [6.45, 7) is 6.32. The molecule has 1 aliphatic rings. The number of amides is 2. The van der Waals surface area contributed by atoms with Gasteiger partial charge in [-0.05, 0) is 43.9 Å². The van der Waals surface area contributed by atoms with Gasteiger partial charge in [-0.25, -0.2) is 8.42 Å². The number of carbonyl (C=O) groups excluding carboxylic acids is 2. The van der Waals surface area contributed by atoms with Gasteiger partial charge in [-0.15, -0.1) is 0 Å². The van der Waals surface area contributed by atoms with Crippen molar-refractivity contribution in [3.05, 3.63) is 54.1 Å². The summed E-state index contributed by atoms with van der Waals surface area (Å²) in [6.07, 6.45) is 2.73. The van der Waals surface area contributed by atoms with E-state index in [1.54, 1.807) is 18.2 Å². The number of anilines is 1. The first-order valence-corrected chi connectivity index (χ1v) is 14.5. The lowest BCUT2D eigenvalue weighted by Gasteiger charge is -2.33. The molecule has 0 aliphatic carbocycles. The van der Waals surface area contributed by atoms with Gasteiger partial charge in [-0.3, -0.25) is 13.9 Å². The van der Waals surface area contributed by atoms with E-state index < -0.39 is 28.5 Å². The van der Waals surface area contributed by atoms with Crippen LogP contribution in [0.25, 0.3) is 0 Å². The lowest BCUT2D eigenvalue weighted by atomic mass is 10.1. The fourth-order valence-corrected chi connectivity index (χ4v) is 4.98. The van der Waals surface area contributed by atoms with Crippen LogP contribution in [0.4, 0.5) is 5.69 Å². The average molecular weight is 532 g/mol. The van der Waals surface area contributed by atoms with E-state index in [0.29, 0.717) is 43.2 Å². The van der Waals surface area contributed by atoms with E-state index in [-0.39, 0.29) is 18.5 Å². The van der Waals surface area contributed by atoms with Gasteiger partial charge in [0.05, 0.1) is 11.9 Å². The summed E-state index contributed by atoms with van der Waals surface area (Å²) in [7, 11) is -3.83. The Morgan fingerprint density at radius 1 is 1.00 bits per heavy atom. The van der Waals surface area contributed by atoms with Crippen molar-refractivity contribution in [3.63, 3.8) is 0 Å². The highest BCUT2D eigenvalue weighted by molar-refractivity contribution is 7.92. The standard InChI is InChI=1S/C27H37N3O6S/c1-5-20(3)28-27(32)23(6-2)29(15-14-21-10-8-7-9-11-21)26(31)19-30(37(4,33)34)22-12-13-24-25(18-22)36-17-16-35-24/h7-13,18,20,23H,5-6,14-17,19H2,1-4H3,(H,28,32)/t20-,23-/m1/s1. The maximum Gasteiger partial charge on any atom is 0.244 e. The van der Waals surface area contributed by atoms with Crippen LogP contribution in [0.2, 0.25) is 0 Å². The van der Waals surface area contributed by atoms with E-state index in [9.17, 15) is 18.0 Å². The molecule has 0 unspecified atom stereocenters. The highest BCUT2D eigenvalue weighted by Crippen LogP contribution is 2.34. The number of ether oxygens (including phenoxy) is 2. The van der Waals surface area contributed by atoms with Crippen LogP contribution >= 0.6 is 0 Å². The summed E-state index contributed by atoms with van der Waals surface area (Å²) < 4.78 is 37.8. The quantitative estimate of drug-likeness (QED) is 0.452. The molecule has 0 radical (unpaired) electrons. The van der Waals surface area contributed by atoms with Crippen molar-refractivity contribution in [1.29, 1.82) is 0 Å². The van der Waals surface area contributed by atoms with Crippen molar-refractivity contribution in [2.24, 2.45) is 0 Å². The van der Waals surface area contributed by atoms with Crippen LogP contribution < -0.4 is 19.1 Å². The Bertz CT molecular complexity index is 1170. The lowest BCUT2D eigenvalue weighted by Crippen LogP contribution is -2.54. The van der Waals surface area contributed by atoms with E-state index in [1.807, 2.05) is 51.1 Å². The molecule has 1 N–H and O–H groups in total. The number of carbonyl (C=O) groups is 2. The SMILES string of the molecule is CC[C@@H](C)NC(=O)[C@@H](CC)N(CCc1ccccc1)C(=O)CN(c1ccc2c(c1)OCCO2)S(C)(=O)=O. The molecule has 202 valence electrons.